The third kappa shape index (κ3) is 2.28. The Hall–Kier alpha value is -1.99. The van der Waals surface area contributed by atoms with E-state index in [1.54, 1.807) is 11.3 Å². The number of hydrogen-bond acceptors (Lipinski definition) is 5. The molecule has 0 saturated heterocycles. The summed E-state index contributed by atoms with van der Waals surface area (Å²) < 4.78 is 0. The van der Waals surface area contributed by atoms with Crippen molar-refractivity contribution in [3.8, 4) is 10.6 Å². The number of carbonyl (C=O) groups is 1. The van der Waals surface area contributed by atoms with E-state index in [2.05, 4.69) is 20.5 Å². The van der Waals surface area contributed by atoms with Crippen molar-refractivity contribution < 1.29 is 4.79 Å². The van der Waals surface area contributed by atoms with Crippen LogP contribution in [0.15, 0.2) is 22.9 Å². The van der Waals surface area contributed by atoms with Crippen LogP contribution in [0.3, 0.4) is 0 Å². The summed E-state index contributed by atoms with van der Waals surface area (Å²) in [5, 5.41) is 14.5. The molecule has 0 fully saturated rings. The molecule has 0 radical (unpaired) electrons. The third-order valence-electron chi connectivity index (χ3n) is 3.52. The van der Waals surface area contributed by atoms with Crippen LogP contribution in [0.1, 0.15) is 28.2 Å². The van der Waals surface area contributed by atoms with Crippen molar-refractivity contribution in [1.29, 1.82) is 0 Å². The quantitative estimate of drug-likeness (QED) is 0.778. The van der Waals surface area contributed by atoms with Gasteiger partial charge in [0, 0.05) is 16.6 Å². The SMILES string of the molecule is O=C(Nc1nc(-c2cccs2)cs1)c1n[nH]c2c1CCC2. The van der Waals surface area contributed by atoms with Crippen molar-refractivity contribution in [3.05, 3.63) is 39.8 Å². The minimum Gasteiger partial charge on any atom is -0.296 e. The topological polar surface area (TPSA) is 70.7 Å². The molecule has 2 N–H and O–H groups in total. The maximum atomic E-state index is 12.3. The van der Waals surface area contributed by atoms with E-state index in [4.69, 9.17) is 0 Å². The second-order valence-corrected chi connectivity index (χ2v) is 6.66. The van der Waals surface area contributed by atoms with Gasteiger partial charge in [0.15, 0.2) is 10.8 Å². The normalized spacial score (nSPS) is 13.3. The highest BCUT2D eigenvalue weighted by atomic mass is 32.1. The first-order valence-electron chi connectivity index (χ1n) is 6.68. The van der Waals surface area contributed by atoms with E-state index in [9.17, 15) is 4.79 Å². The Morgan fingerprint density at radius 2 is 2.29 bits per heavy atom. The maximum Gasteiger partial charge on any atom is 0.278 e. The highest BCUT2D eigenvalue weighted by Gasteiger charge is 2.23. The van der Waals surface area contributed by atoms with Gasteiger partial charge in [0.2, 0.25) is 0 Å². The van der Waals surface area contributed by atoms with Crippen LogP contribution in [0, 0.1) is 0 Å². The molecule has 0 unspecified atom stereocenters. The smallest absolute Gasteiger partial charge is 0.278 e. The van der Waals surface area contributed by atoms with Gasteiger partial charge in [0.1, 0.15) is 0 Å². The number of hydrogen-bond donors (Lipinski definition) is 2. The fraction of sp³-hybridized carbons (Fsp3) is 0.214. The molecule has 3 aromatic heterocycles. The van der Waals surface area contributed by atoms with E-state index in [-0.39, 0.29) is 5.91 Å². The number of nitrogens with one attached hydrogen (secondary N) is 2. The largest absolute Gasteiger partial charge is 0.296 e. The Balaban J connectivity index is 1.54. The standard InChI is InChI=1S/C14H12N4OS2/c19-13(12-8-3-1-4-9(8)17-18-12)16-14-15-10(7-21-14)11-5-2-6-20-11/h2,5-7H,1,3-4H2,(H,17,18)(H,15,16,19). The Morgan fingerprint density at radius 3 is 3.14 bits per heavy atom. The first-order chi connectivity index (χ1) is 10.3. The Labute approximate surface area is 129 Å². The number of H-pyrrole nitrogens is 1. The number of amides is 1. The minimum atomic E-state index is -0.179. The second-order valence-electron chi connectivity index (χ2n) is 4.85. The van der Waals surface area contributed by atoms with Crippen molar-refractivity contribution in [1.82, 2.24) is 15.2 Å². The van der Waals surface area contributed by atoms with Crippen molar-refractivity contribution in [2.24, 2.45) is 0 Å². The molecule has 0 spiro atoms. The summed E-state index contributed by atoms with van der Waals surface area (Å²) >= 11 is 3.07. The number of nitrogens with zero attached hydrogens (tertiary/aromatic N) is 2. The minimum absolute atomic E-state index is 0.179. The molecule has 21 heavy (non-hydrogen) atoms. The van der Waals surface area contributed by atoms with Crippen molar-refractivity contribution in [3.63, 3.8) is 0 Å². The summed E-state index contributed by atoms with van der Waals surface area (Å²) in [5.41, 5.74) is 3.56. The lowest BCUT2D eigenvalue weighted by molar-refractivity contribution is 0.102. The fourth-order valence-electron chi connectivity index (χ4n) is 2.53. The molecule has 3 heterocycles. The highest BCUT2D eigenvalue weighted by Crippen LogP contribution is 2.29. The van der Waals surface area contributed by atoms with Gasteiger partial charge in [-0.1, -0.05) is 6.07 Å². The van der Waals surface area contributed by atoms with Crippen LogP contribution in [0.4, 0.5) is 5.13 Å². The molecular formula is C14H12N4OS2. The van der Waals surface area contributed by atoms with Crippen LogP contribution < -0.4 is 5.32 Å². The number of thiazole rings is 1. The van der Waals surface area contributed by atoms with Crippen LogP contribution in [0.5, 0.6) is 0 Å². The lowest BCUT2D eigenvalue weighted by Crippen LogP contribution is -2.14. The lowest BCUT2D eigenvalue weighted by atomic mass is 10.2. The number of carbonyl (C=O) groups excluding carboxylic acids is 1. The summed E-state index contributed by atoms with van der Waals surface area (Å²) in [7, 11) is 0. The molecule has 0 aliphatic heterocycles. The average molecular weight is 316 g/mol. The molecular weight excluding hydrogens is 304 g/mol. The summed E-state index contributed by atoms with van der Waals surface area (Å²) in [6.07, 6.45) is 2.99. The Kier molecular flexibility index (Phi) is 3.08. The molecule has 0 aromatic carbocycles. The second kappa shape index (κ2) is 5.09. The first kappa shape index (κ1) is 12.7. The molecule has 1 aliphatic carbocycles. The molecule has 106 valence electrons. The number of thiophene rings is 1. The van der Waals surface area contributed by atoms with Crippen LogP contribution in [-0.2, 0) is 12.8 Å². The van der Waals surface area contributed by atoms with Gasteiger partial charge in [0.25, 0.3) is 5.91 Å². The summed E-state index contributed by atoms with van der Waals surface area (Å²) in [6.45, 7) is 0. The summed E-state index contributed by atoms with van der Waals surface area (Å²) in [6, 6.07) is 4.01. The van der Waals surface area contributed by atoms with E-state index in [0.717, 1.165) is 41.1 Å². The van der Waals surface area contributed by atoms with Gasteiger partial charge in [-0.05, 0) is 30.7 Å². The van der Waals surface area contributed by atoms with Crippen LogP contribution in [-0.4, -0.2) is 21.1 Å². The predicted octanol–water partition coefficient (Wildman–Crippen LogP) is 3.34. The average Bonchev–Trinajstić information content (AvgIpc) is 3.23. The fourth-order valence-corrected chi connectivity index (χ4v) is 4.00. The molecule has 0 bridgehead atoms. The number of aromatic nitrogens is 3. The zero-order valence-electron chi connectivity index (χ0n) is 11.0. The van der Waals surface area contributed by atoms with Crippen molar-refractivity contribution in [2.75, 3.05) is 5.32 Å². The number of aryl methyl sites for hydroxylation is 1. The summed E-state index contributed by atoms with van der Waals surface area (Å²) in [5.74, 6) is -0.179. The molecule has 4 rings (SSSR count). The van der Waals surface area contributed by atoms with Gasteiger partial charge in [-0.15, -0.1) is 22.7 Å². The number of anilines is 1. The predicted molar refractivity (Wildman–Crippen MR) is 84.0 cm³/mol. The highest BCUT2D eigenvalue weighted by molar-refractivity contribution is 7.16. The van der Waals surface area contributed by atoms with Gasteiger partial charge < -0.3 is 0 Å². The van der Waals surface area contributed by atoms with E-state index in [1.165, 1.54) is 11.3 Å². The Morgan fingerprint density at radius 1 is 1.33 bits per heavy atom. The molecule has 1 amide bonds. The Bertz CT molecular complexity index is 788. The van der Waals surface area contributed by atoms with E-state index < -0.39 is 0 Å². The molecule has 0 saturated carbocycles. The zero-order chi connectivity index (χ0) is 14.2. The van der Waals surface area contributed by atoms with Gasteiger partial charge in [-0.25, -0.2) is 4.98 Å². The third-order valence-corrected chi connectivity index (χ3v) is 5.17. The summed E-state index contributed by atoms with van der Waals surface area (Å²) in [4.78, 5) is 17.9. The van der Waals surface area contributed by atoms with Crippen molar-refractivity contribution in [2.45, 2.75) is 19.3 Å². The molecule has 5 nitrogen and oxygen atoms in total. The van der Waals surface area contributed by atoms with Gasteiger partial charge >= 0.3 is 0 Å². The van der Waals surface area contributed by atoms with Gasteiger partial charge in [-0.2, -0.15) is 5.10 Å². The van der Waals surface area contributed by atoms with E-state index >= 15 is 0 Å². The maximum absolute atomic E-state index is 12.3. The monoisotopic (exact) mass is 316 g/mol. The van der Waals surface area contributed by atoms with Crippen LogP contribution in [0.2, 0.25) is 0 Å². The first-order valence-corrected chi connectivity index (χ1v) is 8.44. The molecule has 1 aliphatic rings. The lowest BCUT2D eigenvalue weighted by Gasteiger charge is -1.99. The van der Waals surface area contributed by atoms with Crippen LogP contribution in [0.25, 0.3) is 10.6 Å². The van der Waals surface area contributed by atoms with E-state index in [1.807, 2.05) is 22.9 Å². The number of rotatable bonds is 3. The molecule has 0 atom stereocenters. The van der Waals surface area contributed by atoms with Gasteiger partial charge in [0.05, 0.1) is 10.6 Å². The van der Waals surface area contributed by atoms with Crippen molar-refractivity contribution >= 4 is 33.7 Å². The number of fused-ring (bicyclic) bond motifs is 1. The molecule has 7 heteroatoms. The number of aromatic amines is 1. The zero-order valence-corrected chi connectivity index (χ0v) is 12.7. The molecule has 3 aromatic rings. The van der Waals surface area contributed by atoms with Crippen LogP contribution >= 0.6 is 22.7 Å². The van der Waals surface area contributed by atoms with E-state index in [0.29, 0.717) is 10.8 Å². The van der Waals surface area contributed by atoms with Gasteiger partial charge in [-0.3, -0.25) is 15.2 Å².